The first kappa shape index (κ1) is 13.1. The van der Waals surface area contributed by atoms with E-state index >= 15 is 0 Å². The molecule has 0 saturated heterocycles. The van der Waals surface area contributed by atoms with Crippen LogP contribution in [0.2, 0.25) is 0 Å². The lowest BCUT2D eigenvalue weighted by Crippen LogP contribution is -2.01. The molecule has 20 heavy (non-hydrogen) atoms. The summed E-state index contributed by atoms with van der Waals surface area (Å²) in [7, 11) is 0. The van der Waals surface area contributed by atoms with Gasteiger partial charge in [-0.2, -0.15) is 0 Å². The molecule has 1 N–H and O–H groups in total. The number of aliphatic carboxylic acids is 1. The van der Waals surface area contributed by atoms with E-state index in [1.807, 2.05) is 16.8 Å². The first-order chi connectivity index (χ1) is 9.65. The molecule has 0 aliphatic rings. The number of carboxylic acid groups (broad SMARTS) is 1. The van der Waals surface area contributed by atoms with Crippen molar-refractivity contribution in [2.24, 2.45) is 0 Å². The summed E-state index contributed by atoms with van der Waals surface area (Å²) < 4.78 is 6.51. The summed E-state index contributed by atoms with van der Waals surface area (Å²) in [4.78, 5) is 22.9. The molecule has 3 rings (SSSR count). The van der Waals surface area contributed by atoms with Crippen LogP contribution < -0.4 is 0 Å². The molecule has 0 bridgehead atoms. The Morgan fingerprint density at radius 3 is 2.90 bits per heavy atom. The molecule has 0 aromatic carbocycles. The van der Waals surface area contributed by atoms with Gasteiger partial charge in [0.05, 0.1) is 16.0 Å². The summed E-state index contributed by atoms with van der Waals surface area (Å²) in [5.41, 5.74) is 2.76. The highest BCUT2D eigenvalue weighted by Crippen LogP contribution is 2.36. The van der Waals surface area contributed by atoms with E-state index in [1.165, 1.54) is 11.3 Å². The Morgan fingerprint density at radius 2 is 2.10 bits per heavy atom. The van der Waals surface area contributed by atoms with Gasteiger partial charge in [-0.25, -0.2) is 0 Å². The Morgan fingerprint density at radius 1 is 1.25 bits per heavy atom. The average molecular weight is 306 g/mol. The molecule has 4 nitrogen and oxygen atoms in total. The van der Waals surface area contributed by atoms with Crippen LogP contribution in [0.4, 0.5) is 0 Å². The second-order valence-electron chi connectivity index (χ2n) is 4.28. The number of carbonyl (C=O) groups excluding carboxylic acids is 1. The summed E-state index contributed by atoms with van der Waals surface area (Å²) in [5.74, 6) is -1.08. The lowest BCUT2D eigenvalue weighted by Gasteiger charge is -1.94. The van der Waals surface area contributed by atoms with Gasteiger partial charge in [-0.15, -0.1) is 22.7 Å². The molecule has 0 saturated carbocycles. The molecule has 3 heterocycles. The monoisotopic (exact) mass is 306 g/mol. The number of hydrogen-bond donors (Lipinski definition) is 1. The maximum atomic E-state index is 11.9. The van der Waals surface area contributed by atoms with E-state index in [0.717, 1.165) is 21.4 Å². The van der Waals surface area contributed by atoms with Crippen molar-refractivity contribution < 1.29 is 19.1 Å². The van der Waals surface area contributed by atoms with Crippen molar-refractivity contribution in [2.75, 3.05) is 0 Å². The second-order valence-corrected chi connectivity index (χ2v) is 6.11. The van der Waals surface area contributed by atoms with Gasteiger partial charge in [-0.3, -0.25) is 9.59 Å². The van der Waals surface area contributed by atoms with E-state index in [9.17, 15) is 9.59 Å². The van der Waals surface area contributed by atoms with Crippen molar-refractivity contribution in [2.45, 2.75) is 12.8 Å². The van der Waals surface area contributed by atoms with Gasteiger partial charge < -0.3 is 9.52 Å². The van der Waals surface area contributed by atoms with Crippen LogP contribution in [0.15, 0.2) is 33.6 Å². The summed E-state index contributed by atoms with van der Waals surface area (Å²) in [6.45, 7) is 0. The van der Waals surface area contributed by atoms with Crippen LogP contribution in [0.3, 0.4) is 0 Å². The third-order valence-corrected chi connectivity index (χ3v) is 4.83. The van der Waals surface area contributed by atoms with E-state index in [4.69, 9.17) is 9.52 Å². The Kier molecular flexibility index (Phi) is 3.42. The molecule has 0 aliphatic carbocycles. The number of carboxylic acids is 1. The van der Waals surface area contributed by atoms with Crippen LogP contribution in [-0.2, 0) is 4.79 Å². The minimum atomic E-state index is -0.953. The first-order valence-corrected chi connectivity index (χ1v) is 7.69. The van der Waals surface area contributed by atoms with Crippen molar-refractivity contribution in [3.05, 3.63) is 34.0 Å². The second kappa shape index (κ2) is 5.22. The number of fused-ring (bicyclic) bond motifs is 1. The molecular weight excluding hydrogens is 296 g/mol. The number of furan rings is 1. The predicted molar refractivity (Wildman–Crippen MR) is 78.6 cm³/mol. The van der Waals surface area contributed by atoms with E-state index < -0.39 is 5.97 Å². The van der Waals surface area contributed by atoms with Crippen molar-refractivity contribution >= 4 is 44.7 Å². The fourth-order valence-electron chi connectivity index (χ4n) is 1.93. The van der Waals surface area contributed by atoms with Gasteiger partial charge in [0, 0.05) is 12.0 Å². The number of thiophene rings is 2. The minimum Gasteiger partial charge on any atom is -0.481 e. The van der Waals surface area contributed by atoms with E-state index in [-0.39, 0.29) is 18.6 Å². The van der Waals surface area contributed by atoms with Crippen LogP contribution in [0, 0.1) is 0 Å². The van der Waals surface area contributed by atoms with Crippen molar-refractivity contribution in [1.82, 2.24) is 0 Å². The smallest absolute Gasteiger partial charge is 0.303 e. The predicted octanol–water partition coefficient (Wildman–Crippen LogP) is 4.27. The maximum absolute atomic E-state index is 11.9. The molecule has 0 atom stereocenters. The van der Waals surface area contributed by atoms with Gasteiger partial charge in [0.25, 0.3) is 0 Å². The number of carbonyl (C=O) groups is 2. The Labute approximate surface area is 122 Å². The Balaban J connectivity index is 1.85. The molecule has 6 heteroatoms. The lowest BCUT2D eigenvalue weighted by atomic mass is 10.1. The van der Waals surface area contributed by atoms with Crippen LogP contribution in [0.1, 0.15) is 22.5 Å². The van der Waals surface area contributed by atoms with Crippen LogP contribution >= 0.6 is 22.7 Å². The van der Waals surface area contributed by atoms with Gasteiger partial charge in [-0.1, -0.05) is 0 Å². The van der Waals surface area contributed by atoms with Crippen LogP contribution in [0.5, 0.6) is 0 Å². The standard InChI is InChI=1S/C14H10O4S2/c15-10(1-2-13(16)17)12-5-8(7-20-12)9-6-18-11-3-4-19-14(9)11/h3-7H,1-2H2,(H,16,17). The lowest BCUT2D eigenvalue weighted by molar-refractivity contribution is -0.136. The Bertz CT molecular complexity index is 778. The zero-order chi connectivity index (χ0) is 14.1. The summed E-state index contributed by atoms with van der Waals surface area (Å²) in [6, 6.07) is 3.72. The minimum absolute atomic E-state index is 0.0368. The molecule has 0 aliphatic heterocycles. The highest BCUT2D eigenvalue weighted by atomic mass is 32.1. The summed E-state index contributed by atoms with van der Waals surface area (Å²) >= 11 is 2.93. The molecule has 102 valence electrons. The summed E-state index contributed by atoms with van der Waals surface area (Å²) in [6.07, 6.45) is 1.59. The zero-order valence-corrected chi connectivity index (χ0v) is 11.9. The third kappa shape index (κ3) is 2.39. The van der Waals surface area contributed by atoms with Gasteiger partial charge in [-0.05, 0) is 28.5 Å². The molecule has 0 unspecified atom stereocenters. The average Bonchev–Trinajstić information content (AvgIpc) is 3.10. The molecular formula is C14H10O4S2. The highest BCUT2D eigenvalue weighted by molar-refractivity contribution is 7.17. The topological polar surface area (TPSA) is 67.5 Å². The Hall–Kier alpha value is -1.92. The van der Waals surface area contributed by atoms with E-state index in [0.29, 0.717) is 4.88 Å². The number of hydrogen-bond acceptors (Lipinski definition) is 5. The van der Waals surface area contributed by atoms with Crippen molar-refractivity contribution in [1.29, 1.82) is 0 Å². The third-order valence-electron chi connectivity index (χ3n) is 2.93. The first-order valence-electron chi connectivity index (χ1n) is 5.94. The van der Waals surface area contributed by atoms with Crippen LogP contribution in [0.25, 0.3) is 21.4 Å². The number of Topliss-reactive ketones (excluding diaryl/α,β-unsaturated/α-hetero) is 1. The largest absolute Gasteiger partial charge is 0.481 e. The van der Waals surface area contributed by atoms with Gasteiger partial charge in [0.15, 0.2) is 5.78 Å². The zero-order valence-electron chi connectivity index (χ0n) is 10.3. The maximum Gasteiger partial charge on any atom is 0.303 e. The van der Waals surface area contributed by atoms with Crippen molar-refractivity contribution in [3.8, 4) is 11.1 Å². The molecule has 0 fully saturated rings. The number of rotatable bonds is 5. The number of ketones is 1. The molecule has 0 spiro atoms. The van der Waals surface area contributed by atoms with Crippen molar-refractivity contribution in [3.63, 3.8) is 0 Å². The SMILES string of the molecule is O=C(O)CCC(=O)c1cc(-c2coc3ccsc23)cs1. The fourth-order valence-corrected chi connectivity index (χ4v) is 3.66. The molecule has 0 amide bonds. The molecule has 3 aromatic rings. The highest BCUT2D eigenvalue weighted by Gasteiger charge is 2.15. The fraction of sp³-hybridized carbons (Fsp3) is 0.143. The quantitative estimate of drug-likeness (QED) is 0.715. The van der Waals surface area contributed by atoms with Gasteiger partial charge in [0.2, 0.25) is 0 Å². The van der Waals surface area contributed by atoms with Gasteiger partial charge in [0.1, 0.15) is 11.8 Å². The molecule has 0 radical (unpaired) electrons. The van der Waals surface area contributed by atoms with Gasteiger partial charge >= 0.3 is 5.97 Å². The van der Waals surface area contributed by atoms with Crippen LogP contribution in [-0.4, -0.2) is 16.9 Å². The normalized spacial score (nSPS) is 11.0. The summed E-state index contributed by atoms with van der Waals surface area (Å²) in [5, 5.41) is 12.5. The van der Waals surface area contributed by atoms with E-state index in [1.54, 1.807) is 23.7 Å². The van der Waals surface area contributed by atoms with E-state index in [2.05, 4.69) is 0 Å². The molecule has 3 aromatic heterocycles.